The Morgan fingerprint density at radius 1 is 0.733 bits per heavy atom. The van der Waals surface area contributed by atoms with Crippen LogP contribution in [-0.2, 0) is 19.1 Å². The lowest BCUT2D eigenvalue weighted by Crippen LogP contribution is -2.44. The summed E-state index contributed by atoms with van der Waals surface area (Å²) in [5.74, 6) is -3.10. The standard InChI is InChI=1S/C12H14Cl6N2O8S2/c13-11(14,15)3-27-9(25)19-5(7(21)22)1-29-30-2-6(8(23)24)20-10(26)28-4-12(16,17)18/h5-6H,1-4H2,(H,19,25)(H,20,26)(H,21,22)(H,23,24)/t5-,6-/m0/s1. The second-order valence-corrected chi connectivity index (χ2v) is 12.6. The van der Waals surface area contributed by atoms with Crippen LogP contribution >= 0.6 is 91.2 Å². The number of alkyl halides is 6. The number of halogens is 6. The molecule has 0 heterocycles. The van der Waals surface area contributed by atoms with Crippen molar-refractivity contribution in [3.05, 3.63) is 0 Å². The number of hydrogen-bond acceptors (Lipinski definition) is 8. The van der Waals surface area contributed by atoms with Crippen LogP contribution in [0.5, 0.6) is 0 Å². The molecule has 2 atom stereocenters. The highest BCUT2D eigenvalue weighted by Gasteiger charge is 2.27. The highest BCUT2D eigenvalue weighted by molar-refractivity contribution is 8.76. The topological polar surface area (TPSA) is 151 Å². The summed E-state index contributed by atoms with van der Waals surface area (Å²) in [4.78, 5) is 45.5. The van der Waals surface area contributed by atoms with Crippen molar-refractivity contribution in [1.29, 1.82) is 0 Å². The molecule has 2 amide bonds. The van der Waals surface area contributed by atoms with Gasteiger partial charge in [-0.15, -0.1) is 0 Å². The van der Waals surface area contributed by atoms with Crippen molar-refractivity contribution in [2.45, 2.75) is 19.7 Å². The number of carboxylic acid groups (broad SMARTS) is 2. The zero-order valence-electron chi connectivity index (χ0n) is 14.4. The van der Waals surface area contributed by atoms with Gasteiger partial charge in [0.2, 0.25) is 7.59 Å². The van der Waals surface area contributed by atoms with Crippen molar-refractivity contribution < 1.29 is 38.9 Å². The van der Waals surface area contributed by atoms with Gasteiger partial charge in [-0.25, -0.2) is 19.2 Å². The number of carboxylic acids is 2. The van der Waals surface area contributed by atoms with Crippen LogP contribution < -0.4 is 10.6 Å². The Balaban J connectivity index is 4.44. The second kappa shape index (κ2) is 14.1. The van der Waals surface area contributed by atoms with E-state index in [0.29, 0.717) is 0 Å². The summed E-state index contributed by atoms with van der Waals surface area (Å²) in [7, 11) is 1.83. The third-order valence-corrected chi connectivity index (χ3v) is 5.54. The predicted octanol–water partition coefficient (Wildman–Crippen LogP) is 3.47. The molecule has 0 aromatic rings. The molecule has 0 aliphatic carbocycles. The van der Waals surface area contributed by atoms with E-state index < -0.39 is 57.0 Å². The Hall–Kier alpha value is -0.0800. The van der Waals surface area contributed by atoms with Gasteiger partial charge in [0.05, 0.1) is 0 Å². The molecule has 174 valence electrons. The Kier molecular flexibility index (Phi) is 14.1. The predicted molar refractivity (Wildman–Crippen MR) is 117 cm³/mol. The number of aliphatic carboxylic acids is 2. The van der Waals surface area contributed by atoms with Crippen molar-refractivity contribution in [1.82, 2.24) is 10.6 Å². The average molecular weight is 591 g/mol. The SMILES string of the molecule is O=C(N[C@@H](CSSC[C@H](NC(=O)OCC(Cl)(Cl)Cl)C(=O)O)C(=O)O)OCC(Cl)(Cl)Cl. The third kappa shape index (κ3) is 16.6. The van der Waals surface area contributed by atoms with Crippen molar-refractivity contribution in [2.75, 3.05) is 24.7 Å². The monoisotopic (exact) mass is 588 g/mol. The minimum Gasteiger partial charge on any atom is -0.480 e. The minimum atomic E-state index is -1.86. The lowest BCUT2D eigenvalue weighted by atomic mass is 10.3. The Morgan fingerprint density at radius 3 is 1.27 bits per heavy atom. The van der Waals surface area contributed by atoms with Crippen LogP contribution in [0.3, 0.4) is 0 Å². The molecule has 0 saturated carbocycles. The Labute approximate surface area is 208 Å². The fourth-order valence-corrected chi connectivity index (χ4v) is 3.88. The maximum atomic E-state index is 11.5. The molecule has 0 radical (unpaired) electrons. The summed E-state index contributed by atoms with van der Waals surface area (Å²) in [6, 6.07) is -2.76. The molecule has 0 bridgehead atoms. The molecule has 0 spiro atoms. The summed E-state index contributed by atoms with van der Waals surface area (Å²) in [5, 5.41) is 22.3. The van der Waals surface area contributed by atoms with Gasteiger partial charge < -0.3 is 30.3 Å². The number of ether oxygens (including phenoxy) is 2. The van der Waals surface area contributed by atoms with Crippen LogP contribution in [0.2, 0.25) is 0 Å². The largest absolute Gasteiger partial charge is 0.480 e. The van der Waals surface area contributed by atoms with Gasteiger partial charge in [0.15, 0.2) is 0 Å². The van der Waals surface area contributed by atoms with Gasteiger partial charge in [-0.1, -0.05) is 91.2 Å². The van der Waals surface area contributed by atoms with Crippen molar-refractivity contribution >= 4 is 115 Å². The van der Waals surface area contributed by atoms with Gasteiger partial charge in [0.25, 0.3) is 0 Å². The number of alkyl carbamates (subject to hydrolysis) is 2. The fraction of sp³-hybridized carbons (Fsp3) is 0.667. The van der Waals surface area contributed by atoms with E-state index in [1.165, 1.54) is 0 Å². The first-order chi connectivity index (χ1) is 13.6. The smallest absolute Gasteiger partial charge is 0.408 e. The first kappa shape index (κ1) is 29.9. The first-order valence-corrected chi connectivity index (χ1v) is 12.1. The first-order valence-electron chi connectivity index (χ1n) is 7.31. The minimum absolute atomic E-state index is 0.174. The van der Waals surface area contributed by atoms with Crippen LogP contribution in [0, 0.1) is 0 Å². The van der Waals surface area contributed by atoms with Crippen molar-refractivity contribution in [2.24, 2.45) is 0 Å². The molecule has 0 aliphatic rings. The summed E-state index contributed by atoms with van der Waals surface area (Å²) < 4.78 is 5.40. The molecule has 30 heavy (non-hydrogen) atoms. The highest BCUT2D eigenvalue weighted by atomic mass is 35.6. The molecular formula is C12H14Cl6N2O8S2. The maximum absolute atomic E-state index is 11.5. The summed E-state index contributed by atoms with van der Waals surface area (Å²) >= 11 is 32.4. The van der Waals surface area contributed by atoms with E-state index in [4.69, 9.17) is 79.8 Å². The zero-order valence-corrected chi connectivity index (χ0v) is 20.6. The van der Waals surface area contributed by atoms with Crippen LogP contribution in [0.25, 0.3) is 0 Å². The van der Waals surface area contributed by atoms with E-state index in [1.54, 1.807) is 0 Å². The molecular weight excluding hydrogens is 577 g/mol. The number of hydrogen-bond donors (Lipinski definition) is 4. The Morgan fingerprint density at radius 2 is 1.03 bits per heavy atom. The molecule has 10 nitrogen and oxygen atoms in total. The molecule has 4 N–H and O–H groups in total. The summed E-state index contributed by atoms with van der Waals surface area (Å²) in [6.45, 7) is -1.20. The molecule has 0 saturated heterocycles. The fourth-order valence-electron chi connectivity index (χ4n) is 1.24. The lowest BCUT2D eigenvalue weighted by Gasteiger charge is -2.17. The van der Waals surface area contributed by atoms with Crippen molar-refractivity contribution in [3.63, 3.8) is 0 Å². The average Bonchev–Trinajstić information content (AvgIpc) is 2.58. The Bertz CT molecular complexity index is 567. The molecule has 0 aromatic heterocycles. The van der Waals surface area contributed by atoms with E-state index in [-0.39, 0.29) is 11.5 Å². The second-order valence-electron chi connectivity index (χ2n) is 5.02. The van der Waals surface area contributed by atoms with E-state index in [1.807, 2.05) is 10.6 Å². The summed E-state index contributed by atoms with van der Waals surface area (Å²) in [6.07, 6.45) is -2.25. The maximum Gasteiger partial charge on any atom is 0.408 e. The van der Waals surface area contributed by atoms with Gasteiger partial charge in [0, 0.05) is 11.5 Å². The van der Waals surface area contributed by atoms with Crippen molar-refractivity contribution in [3.8, 4) is 0 Å². The van der Waals surface area contributed by atoms with E-state index >= 15 is 0 Å². The quantitative estimate of drug-likeness (QED) is 0.160. The van der Waals surface area contributed by atoms with Gasteiger partial charge in [-0.3, -0.25) is 0 Å². The van der Waals surface area contributed by atoms with Crippen LogP contribution in [0.4, 0.5) is 9.59 Å². The van der Waals surface area contributed by atoms with Crippen LogP contribution in [0.1, 0.15) is 0 Å². The third-order valence-electron chi connectivity index (χ3n) is 2.47. The zero-order chi connectivity index (χ0) is 23.5. The van der Waals surface area contributed by atoms with Gasteiger partial charge >= 0.3 is 24.1 Å². The molecule has 18 heteroatoms. The van der Waals surface area contributed by atoms with E-state index in [9.17, 15) is 19.2 Å². The molecule has 0 rings (SSSR count). The van der Waals surface area contributed by atoms with Crippen LogP contribution in [-0.4, -0.2) is 78.7 Å². The molecule has 0 aromatic carbocycles. The van der Waals surface area contributed by atoms with E-state index in [2.05, 4.69) is 9.47 Å². The van der Waals surface area contributed by atoms with Crippen LogP contribution in [0.15, 0.2) is 0 Å². The molecule has 0 unspecified atom stereocenters. The molecule has 0 fully saturated rings. The number of nitrogens with one attached hydrogen (secondary N) is 2. The number of amides is 2. The van der Waals surface area contributed by atoms with Gasteiger partial charge in [0.1, 0.15) is 25.3 Å². The van der Waals surface area contributed by atoms with Gasteiger partial charge in [-0.05, 0) is 0 Å². The normalized spacial score (nSPS) is 13.7. The number of carbonyl (C=O) groups excluding carboxylic acids is 2. The summed E-state index contributed by atoms with van der Waals surface area (Å²) in [5.41, 5.74) is 0. The number of rotatable bonds is 11. The molecule has 0 aliphatic heterocycles. The highest BCUT2D eigenvalue weighted by Crippen LogP contribution is 2.27. The van der Waals surface area contributed by atoms with E-state index in [0.717, 1.165) is 21.6 Å². The van der Waals surface area contributed by atoms with Gasteiger partial charge in [-0.2, -0.15) is 0 Å². The number of carbonyl (C=O) groups is 4. The lowest BCUT2D eigenvalue weighted by molar-refractivity contribution is -0.139.